The van der Waals surface area contributed by atoms with Crippen LogP contribution in [0.25, 0.3) is 0 Å². The molecule has 0 aromatic heterocycles. The molecule has 88 valence electrons. The quantitative estimate of drug-likeness (QED) is 0.763. The first-order chi connectivity index (χ1) is 6.87. The molecule has 1 aliphatic heterocycles. The zero-order chi connectivity index (χ0) is 11.5. The molecule has 0 aromatic rings. The Hall–Kier alpha value is -0.780. The van der Waals surface area contributed by atoms with E-state index in [1.165, 1.54) is 11.8 Å². The Bertz CT molecular complexity index is 230. The van der Waals surface area contributed by atoms with E-state index in [0.717, 1.165) is 6.42 Å². The van der Waals surface area contributed by atoms with E-state index in [0.29, 0.717) is 19.5 Å². The summed E-state index contributed by atoms with van der Waals surface area (Å²) in [7, 11) is 0. The molecule has 0 saturated carbocycles. The lowest BCUT2D eigenvalue weighted by Gasteiger charge is -2.33. The molecule has 1 rings (SSSR count). The SMILES string of the molecule is CC(=O)NC1CCCN(CC(F)(F)F)C1. The van der Waals surface area contributed by atoms with Gasteiger partial charge in [-0.2, -0.15) is 13.2 Å². The van der Waals surface area contributed by atoms with Gasteiger partial charge in [-0.3, -0.25) is 9.69 Å². The predicted molar refractivity (Wildman–Crippen MR) is 49.3 cm³/mol. The lowest BCUT2D eigenvalue weighted by molar-refractivity contribution is -0.148. The first-order valence-electron chi connectivity index (χ1n) is 4.93. The number of amides is 1. The highest BCUT2D eigenvalue weighted by molar-refractivity contribution is 5.73. The zero-order valence-electron chi connectivity index (χ0n) is 8.60. The van der Waals surface area contributed by atoms with Gasteiger partial charge >= 0.3 is 6.18 Å². The molecule has 1 atom stereocenters. The van der Waals surface area contributed by atoms with Crippen molar-refractivity contribution in [3.8, 4) is 0 Å². The van der Waals surface area contributed by atoms with Gasteiger partial charge in [0, 0.05) is 19.5 Å². The fourth-order valence-electron chi connectivity index (χ4n) is 1.86. The van der Waals surface area contributed by atoms with E-state index in [-0.39, 0.29) is 11.9 Å². The van der Waals surface area contributed by atoms with Crippen LogP contribution in [0.3, 0.4) is 0 Å². The Kier molecular flexibility index (Phi) is 3.96. The molecule has 0 aromatic carbocycles. The molecule has 1 unspecified atom stereocenters. The molecule has 1 amide bonds. The molecule has 1 aliphatic rings. The summed E-state index contributed by atoms with van der Waals surface area (Å²) in [5.41, 5.74) is 0. The van der Waals surface area contributed by atoms with Gasteiger partial charge < -0.3 is 5.32 Å². The van der Waals surface area contributed by atoms with Crippen molar-refractivity contribution >= 4 is 5.91 Å². The molecule has 0 bridgehead atoms. The number of piperidine rings is 1. The largest absolute Gasteiger partial charge is 0.401 e. The highest BCUT2D eigenvalue weighted by atomic mass is 19.4. The molecule has 1 N–H and O–H groups in total. The summed E-state index contributed by atoms with van der Waals surface area (Å²) in [6, 6.07) is -0.140. The van der Waals surface area contributed by atoms with Gasteiger partial charge in [0.15, 0.2) is 0 Å². The van der Waals surface area contributed by atoms with Crippen LogP contribution < -0.4 is 5.32 Å². The Morgan fingerprint density at radius 3 is 2.73 bits per heavy atom. The van der Waals surface area contributed by atoms with Gasteiger partial charge in [-0.15, -0.1) is 0 Å². The second-order valence-corrected chi connectivity index (χ2v) is 3.89. The second kappa shape index (κ2) is 4.83. The summed E-state index contributed by atoms with van der Waals surface area (Å²) >= 11 is 0. The molecule has 3 nitrogen and oxygen atoms in total. The number of carbonyl (C=O) groups is 1. The van der Waals surface area contributed by atoms with Crippen LogP contribution in [0.15, 0.2) is 0 Å². The minimum absolute atomic E-state index is 0.140. The third-order valence-corrected chi connectivity index (χ3v) is 2.32. The zero-order valence-corrected chi connectivity index (χ0v) is 8.60. The van der Waals surface area contributed by atoms with Gasteiger partial charge in [0.2, 0.25) is 5.91 Å². The standard InChI is InChI=1S/C9H15F3N2O/c1-7(15)13-8-3-2-4-14(5-8)6-9(10,11)12/h8H,2-6H2,1H3,(H,13,15). The molecule has 0 spiro atoms. The Morgan fingerprint density at radius 1 is 1.53 bits per heavy atom. The summed E-state index contributed by atoms with van der Waals surface area (Å²) in [4.78, 5) is 12.1. The van der Waals surface area contributed by atoms with E-state index in [4.69, 9.17) is 0 Å². The molecule has 1 fully saturated rings. The van der Waals surface area contributed by atoms with Crippen LogP contribution in [-0.2, 0) is 4.79 Å². The summed E-state index contributed by atoms with van der Waals surface area (Å²) in [6.45, 7) is 1.24. The monoisotopic (exact) mass is 224 g/mol. The van der Waals surface area contributed by atoms with Crippen molar-refractivity contribution in [1.29, 1.82) is 0 Å². The highest BCUT2D eigenvalue weighted by Gasteiger charge is 2.33. The van der Waals surface area contributed by atoms with Crippen molar-refractivity contribution in [2.24, 2.45) is 0 Å². The van der Waals surface area contributed by atoms with Crippen LogP contribution >= 0.6 is 0 Å². The molecular formula is C9H15F3N2O. The van der Waals surface area contributed by atoms with E-state index >= 15 is 0 Å². The van der Waals surface area contributed by atoms with Crippen LogP contribution in [0.5, 0.6) is 0 Å². The summed E-state index contributed by atoms with van der Waals surface area (Å²) in [6.07, 6.45) is -2.70. The molecule has 6 heteroatoms. The Balaban J connectivity index is 2.38. The average molecular weight is 224 g/mol. The van der Waals surface area contributed by atoms with Gasteiger partial charge in [0.25, 0.3) is 0 Å². The normalized spacial score (nSPS) is 23.9. The van der Waals surface area contributed by atoms with Crippen LogP contribution in [0.2, 0.25) is 0 Å². The first kappa shape index (κ1) is 12.3. The minimum atomic E-state index is -4.15. The van der Waals surface area contributed by atoms with Crippen molar-refractivity contribution in [2.45, 2.75) is 32.0 Å². The van der Waals surface area contributed by atoms with Crippen molar-refractivity contribution in [3.63, 3.8) is 0 Å². The van der Waals surface area contributed by atoms with E-state index in [9.17, 15) is 18.0 Å². The minimum Gasteiger partial charge on any atom is -0.352 e. The molecule has 1 saturated heterocycles. The molecular weight excluding hydrogens is 209 g/mol. The summed E-state index contributed by atoms with van der Waals surface area (Å²) in [5, 5.41) is 2.65. The van der Waals surface area contributed by atoms with E-state index in [1.807, 2.05) is 0 Å². The van der Waals surface area contributed by atoms with Crippen LogP contribution in [0.4, 0.5) is 13.2 Å². The van der Waals surface area contributed by atoms with Crippen LogP contribution in [-0.4, -0.2) is 42.7 Å². The number of carbonyl (C=O) groups excluding carboxylic acids is 1. The van der Waals surface area contributed by atoms with E-state index in [1.54, 1.807) is 0 Å². The maximum atomic E-state index is 12.1. The number of rotatable bonds is 2. The highest BCUT2D eigenvalue weighted by Crippen LogP contribution is 2.19. The van der Waals surface area contributed by atoms with Crippen molar-refractivity contribution in [2.75, 3.05) is 19.6 Å². The maximum Gasteiger partial charge on any atom is 0.401 e. The fraction of sp³-hybridized carbons (Fsp3) is 0.889. The van der Waals surface area contributed by atoms with Crippen molar-refractivity contribution in [3.05, 3.63) is 0 Å². The lowest BCUT2D eigenvalue weighted by Crippen LogP contribution is -2.49. The number of likely N-dealkylation sites (tertiary alicyclic amines) is 1. The number of alkyl halides is 3. The van der Waals surface area contributed by atoms with Gasteiger partial charge in [0.05, 0.1) is 6.54 Å². The average Bonchev–Trinajstić information content (AvgIpc) is 1.99. The third-order valence-electron chi connectivity index (χ3n) is 2.32. The summed E-state index contributed by atoms with van der Waals surface area (Å²) in [5.74, 6) is -0.186. The molecule has 0 radical (unpaired) electrons. The Morgan fingerprint density at radius 2 is 2.20 bits per heavy atom. The fourth-order valence-corrected chi connectivity index (χ4v) is 1.86. The lowest BCUT2D eigenvalue weighted by atomic mass is 10.1. The van der Waals surface area contributed by atoms with Crippen LogP contribution in [0.1, 0.15) is 19.8 Å². The number of nitrogens with one attached hydrogen (secondary N) is 1. The number of hydrogen-bond acceptors (Lipinski definition) is 2. The van der Waals surface area contributed by atoms with Gasteiger partial charge in [0.1, 0.15) is 0 Å². The van der Waals surface area contributed by atoms with Crippen molar-refractivity contribution in [1.82, 2.24) is 10.2 Å². The predicted octanol–water partition coefficient (Wildman–Crippen LogP) is 1.15. The van der Waals surface area contributed by atoms with Gasteiger partial charge in [-0.25, -0.2) is 0 Å². The number of hydrogen-bond donors (Lipinski definition) is 1. The van der Waals surface area contributed by atoms with Gasteiger partial charge in [-0.1, -0.05) is 0 Å². The topological polar surface area (TPSA) is 32.3 Å². The van der Waals surface area contributed by atoms with E-state index < -0.39 is 12.7 Å². The molecule has 0 aliphatic carbocycles. The Labute approximate surface area is 86.6 Å². The number of nitrogens with zero attached hydrogens (tertiary/aromatic N) is 1. The van der Waals surface area contributed by atoms with E-state index in [2.05, 4.69) is 5.32 Å². The second-order valence-electron chi connectivity index (χ2n) is 3.89. The molecule has 1 heterocycles. The molecule has 15 heavy (non-hydrogen) atoms. The summed E-state index contributed by atoms with van der Waals surface area (Å²) < 4.78 is 36.3. The third kappa shape index (κ3) is 5.01. The van der Waals surface area contributed by atoms with Gasteiger partial charge in [-0.05, 0) is 19.4 Å². The van der Waals surface area contributed by atoms with Crippen LogP contribution in [0, 0.1) is 0 Å². The number of halogens is 3. The first-order valence-corrected chi connectivity index (χ1v) is 4.93. The van der Waals surface area contributed by atoms with Crippen molar-refractivity contribution < 1.29 is 18.0 Å². The smallest absolute Gasteiger partial charge is 0.352 e. The maximum absolute atomic E-state index is 12.1.